The van der Waals surface area contributed by atoms with E-state index in [1.54, 1.807) is 6.07 Å². The fourth-order valence-electron chi connectivity index (χ4n) is 1.56. The summed E-state index contributed by atoms with van der Waals surface area (Å²) in [5.74, 6) is -0.159. The van der Waals surface area contributed by atoms with Gasteiger partial charge >= 0.3 is 5.97 Å². The van der Waals surface area contributed by atoms with E-state index < -0.39 is 12.1 Å². The van der Waals surface area contributed by atoms with E-state index in [2.05, 4.69) is 27.3 Å². The van der Waals surface area contributed by atoms with Gasteiger partial charge in [-0.15, -0.1) is 0 Å². The van der Waals surface area contributed by atoms with Gasteiger partial charge in [0.1, 0.15) is 11.9 Å². The zero-order valence-corrected chi connectivity index (χ0v) is 11.7. The number of furan rings is 1. The molecule has 18 heavy (non-hydrogen) atoms. The van der Waals surface area contributed by atoms with Gasteiger partial charge in [0.25, 0.3) is 0 Å². The van der Waals surface area contributed by atoms with Crippen molar-refractivity contribution in [1.29, 1.82) is 0 Å². The Morgan fingerprint density at radius 1 is 1.33 bits per heavy atom. The first kappa shape index (κ1) is 13.1. The number of ether oxygens (including phenoxy) is 1. The van der Waals surface area contributed by atoms with Crippen LogP contribution in [0, 0.1) is 3.57 Å². The first-order valence-electron chi connectivity index (χ1n) is 5.24. The molecule has 1 N–H and O–H groups in total. The molecule has 0 fully saturated rings. The van der Waals surface area contributed by atoms with Crippen LogP contribution >= 0.6 is 22.6 Å². The first-order valence-corrected chi connectivity index (χ1v) is 6.32. The predicted molar refractivity (Wildman–Crippen MR) is 73.3 cm³/mol. The first-order chi connectivity index (χ1) is 8.63. The van der Waals surface area contributed by atoms with Crippen LogP contribution in [0.1, 0.15) is 28.0 Å². The van der Waals surface area contributed by atoms with E-state index in [1.165, 1.54) is 13.2 Å². The van der Waals surface area contributed by atoms with Crippen molar-refractivity contribution >= 4 is 28.6 Å². The number of aliphatic hydroxyl groups is 1. The Kier molecular flexibility index (Phi) is 4.03. The lowest BCUT2D eigenvalue weighted by atomic mass is 10.1. The van der Waals surface area contributed by atoms with Crippen LogP contribution in [-0.2, 0) is 4.74 Å². The lowest BCUT2D eigenvalue weighted by Crippen LogP contribution is -2.01. The minimum absolute atomic E-state index is 0.0810. The van der Waals surface area contributed by atoms with Crippen LogP contribution in [0.3, 0.4) is 0 Å². The number of aliphatic hydroxyl groups excluding tert-OH is 1. The highest BCUT2D eigenvalue weighted by atomic mass is 127. The molecule has 1 aromatic carbocycles. The van der Waals surface area contributed by atoms with Gasteiger partial charge in [-0.1, -0.05) is 18.2 Å². The minimum Gasteiger partial charge on any atom is -0.463 e. The molecule has 0 spiro atoms. The molecule has 1 unspecified atom stereocenters. The van der Waals surface area contributed by atoms with E-state index in [-0.39, 0.29) is 5.76 Å². The van der Waals surface area contributed by atoms with Crippen LogP contribution in [0.5, 0.6) is 0 Å². The molecule has 0 saturated carbocycles. The van der Waals surface area contributed by atoms with Crippen molar-refractivity contribution < 1.29 is 19.1 Å². The van der Waals surface area contributed by atoms with E-state index in [0.717, 1.165) is 9.13 Å². The molecule has 0 bridgehead atoms. The number of esters is 1. The topological polar surface area (TPSA) is 59.7 Å². The zero-order valence-electron chi connectivity index (χ0n) is 9.59. The van der Waals surface area contributed by atoms with Crippen molar-refractivity contribution in [2.45, 2.75) is 6.10 Å². The second-order valence-electron chi connectivity index (χ2n) is 3.62. The highest BCUT2D eigenvalue weighted by Gasteiger charge is 2.19. The van der Waals surface area contributed by atoms with Gasteiger partial charge in [-0.25, -0.2) is 4.79 Å². The second-order valence-corrected chi connectivity index (χ2v) is 4.78. The molecule has 94 valence electrons. The van der Waals surface area contributed by atoms with Crippen LogP contribution in [0.4, 0.5) is 0 Å². The Morgan fingerprint density at radius 3 is 2.72 bits per heavy atom. The van der Waals surface area contributed by atoms with Crippen molar-refractivity contribution in [3.8, 4) is 0 Å². The Hall–Kier alpha value is -1.34. The summed E-state index contributed by atoms with van der Waals surface area (Å²) in [4.78, 5) is 11.3. The van der Waals surface area contributed by atoms with Gasteiger partial charge in [-0.2, -0.15) is 0 Å². The standard InChI is InChI=1S/C13H11IO4/c1-17-13(16)11-7-6-10(18-11)12(15)8-4-2-3-5-9(8)14/h2-7,12,15H,1H3. The SMILES string of the molecule is COC(=O)c1ccc(C(O)c2ccccc2I)o1. The van der Waals surface area contributed by atoms with Gasteiger partial charge < -0.3 is 14.3 Å². The van der Waals surface area contributed by atoms with Gasteiger partial charge in [0, 0.05) is 9.13 Å². The number of halogens is 1. The molecule has 5 heteroatoms. The number of rotatable bonds is 3. The van der Waals surface area contributed by atoms with Crippen LogP contribution in [0.25, 0.3) is 0 Å². The van der Waals surface area contributed by atoms with Crippen LogP contribution < -0.4 is 0 Å². The van der Waals surface area contributed by atoms with Crippen LogP contribution in [0.2, 0.25) is 0 Å². The minimum atomic E-state index is -0.892. The van der Waals surface area contributed by atoms with Gasteiger partial charge in [0.2, 0.25) is 5.76 Å². The third kappa shape index (κ3) is 2.56. The molecular formula is C13H11IO4. The van der Waals surface area contributed by atoms with Crippen LogP contribution in [-0.4, -0.2) is 18.2 Å². The largest absolute Gasteiger partial charge is 0.463 e. The second kappa shape index (κ2) is 5.53. The fourth-order valence-corrected chi connectivity index (χ4v) is 2.24. The van der Waals surface area contributed by atoms with Crippen molar-refractivity contribution in [3.63, 3.8) is 0 Å². The summed E-state index contributed by atoms with van der Waals surface area (Å²) in [6.07, 6.45) is -0.892. The maximum Gasteiger partial charge on any atom is 0.373 e. The number of benzene rings is 1. The number of carbonyl (C=O) groups is 1. The summed E-state index contributed by atoms with van der Waals surface area (Å²) in [5.41, 5.74) is 0.740. The molecule has 2 rings (SSSR count). The summed E-state index contributed by atoms with van der Waals surface area (Å²) in [6.45, 7) is 0. The smallest absolute Gasteiger partial charge is 0.373 e. The normalized spacial score (nSPS) is 12.2. The fraction of sp³-hybridized carbons (Fsp3) is 0.154. The lowest BCUT2D eigenvalue weighted by molar-refractivity contribution is 0.0558. The van der Waals surface area contributed by atoms with Crippen molar-refractivity contribution in [3.05, 3.63) is 57.1 Å². The van der Waals surface area contributed by atoms with Crippen LogP contribution in [0.15, 0.2) is 40.8 Å². The Morgan fingerprint density at radius 2 is 2.06 bits per heavy atom. The molecule has 1 aromatic heterocycles. The molecule has 0 radical (unpaired) electrons. The molecule has 1 heterocycles. The van der Waals surface area contributed by atoms with Gasteiger partial charge in [0.05, 0.1) is 7.11 Å². The number of hydrogen-bond acceptors (Lipinski definition) is 4. The summed E-state index contributed by atoms with van der Waals surface area (Å²) < 4.78 is 10.8. The molecule has 0 saturated heterocycles. The predicted octanol–water partition coefficient (Wildman–Crippen LogP) is 2.75. The highest BCUT2D eigenvalue weighted by molar-refractivity contribution is 14.1. The average molecular weight is 358 g/mol. The van der Waals surface area contributed by atoms with Gasteiger partial charge in [0.15, 0.2) is 0 Å². The molecule has 0 aliphatic rings. The third-order valence-electron chi connectivity index (χ3n) is 2.48. The lowest BCUT2D eigenvalue weighted by Gasteiger charge is -2.09. The maximum absolute atomic E-state index is 11.3. The number of carbonyl (C=O) groups excluding carboxylic acids is 1. The molecule has 0 aliphatic carbocycles. The highest BCUT2D eigenvalue weighted by Crippen LogP contribution is 2.27. The zero-order chi connectivity index (χ0) is 13.1. The Labute approximate surface area is 118 Å². The Bertz CT molecular complexity index is 562. The molecule has 1 atom stereocenters. The average Bonchev–Trinajstić information content (AvgIpc) is 2.87. The number of methoxy groups -OCH3 is 1. The van der Waals surface area contributed by atoms with Gasteiger partial charge in [-0.3, -0.25) is 0 Å². The summed E-state index contributed by atoms with van der Waals surface area (Å²) in [6, 6.07) is 10.5. The van der Waals surface area contributed by atoms with Crippen molar-refractivity contribution in [2.24, 2.45) is 0 Å². The molecule has 0 aliphatic heterocycles. The molecule has 4 nitrogen and oxygen atoms in total. The van der Waals surface area contributed by atoms with E-state index in [4.69, 9.17) is 4.42 Å². The molecule has 2 aromatic rings. The van der Waals surface area contributed by atoms with Crippen molar-refractivity contribution in [1.82, 2.24) is 0 Å². The van der Waals surface area contributed by atoms with Gasteiger partial charge in [-0.05, 0) is 40.8 Å². The summed E-state index contributed by atoms with van der Waals surface area (Å²) >= 11 is 2.14. The van der Waals surface area contributed by atoms with Crippen molar-refractivity contribution in [2.75, 3.05) is 7.11 Å². The summed E-state index contributed by atoms with van der Waals surface area (Å²) in [7, 11) is 1.28. The molecule has 0 amide bonds. The van der Waals surface area contributed by atoms with E-state index in [9.17, 15) is 9.90 Å². The van der Waals surface area contributed by atoms with E-state index >= 15 is 0 Å². The number of hydrogen-bond donors (Lipinski definition) is 1. The van der Waals surface area contributed by atoms with E-state index in [0.29, 0.717) is 5.76 Å². The third-order valence-corrected chi connectivity index (χ3v) is 3.47. The summed E-state index contributed by atoms with van der Waals surface area (Å²) in [5, 5.41) is 10.2. The van der Waals surface area contributed by atoms with E-state index in [1.807, 2.05) is 24.3 Å². The monoisotopic (exact) mass is 358 g/mol. The quantitative estimate of drug-likeness (QED) is 0.677. The maximum atomic E-state index is 11.3. The Balaban J connectivity index is 2.29. The molecular weight excluding hydrogens is 347 g/mol.